The molecule has 0 aliphatic carbocycles. The molecule has 2 aromatic heterocycles. The molecule has 0 aliphatic heterocycles. The molecule has 0 unspecified atom stereocenters. The molecule has 2 heteroatoms. The molecule has 0 saturated heterocycles. The molecule has 3 aromatic carbocycles. The molecule has 20 heavy (non-hydrogen) atoms. The fourth-order valence-electron chi connectivity index (χ4n) is 3.10. The quantitative estimate of drug-likeness (QED) is 0.373. The molecular weight excluding hydrogens is 262 g/mol. The predicted octanol–water partition coefficient (Wildman–Crippen LogP) is 5.69. The van der Waals surface area contributed by atoms with Gasteiger partial charge < -0.3 is 4.98 Å². The minimum absolute atomic E-state index is 1.22. The van der Waals surface area contributed by atoms with Crippen molar-refractivity contribution in [3.8, 4) is 0 Å². The number of aromatic nitrogens is 1. The van der Waals surface area contributed by atoms with Crippen molar-refractivity contribution in [2.75, 3.05) is 0 Å². The molecule has 0 aliphatic rings. The number of para-hydroxylation sites is 1. The molecular formula is C18H11NS. The van der Waals surface area contributed by atoms with E-state index in [0.29, 0.717) is 0 Å². The van der Waals surface area contributed by atoms with E-state index in [1.165, 1.54) is 42.0 Å². The molecule has 0 fully saturated rings. The normalized spacial score (nSPS) is 12.0. The maximum Gasteiger partial charge on any atom is 0.0646 e. The van der Waals surface area contributed by atoms with Crippen molar-refractivity contribution in [2.24, 2.45) is 0 Å². The van der Waals surface area contributed by atoms with Crippen LogP contribution < -0.4 is 0 Å². The van der Waals surface area contributed by atoms with E-state index in [9.17, 15) is 0 Å². The van der Waals surface area contributed by atoms with Crippen molar-refractivity contribution in [1.82, 2.24) is 4.98 Å². The summed E-state index contributed by atoms with van der Waals surface area (Å²) in [5.74, 6) is 0. The zero-order chi connectivity index (χ0) is 13.1. The number of fused-ring (bicyclic) bond motifs is 7. The zero-order valence-electron chi connectivity index (χ0n) is 10.7. The fraction of sp³-hybridized carbons (Fsp3) is 0. The summed E-state index contributed by atoms with van der Waals surface area (Å²) in [5, 5.41) is 5.33. The van der Waals surface area contributed by atoms with Crippen molar-refractivity contribution < 1.29 is 0 Å². The van der Waals surface area contributed by atoms with Gasteiger partial charge in [-0.2, -0.15) is 0 Å². The van der Waals surface area contributed by atoms with E-state index in [2.05, 4.69) is 65.6 Å². The summed E-state index contributed by atoms with van der Waals surface area (Å²) in [5.41, 5.74) is 2.48. The van der Waals surface area contributed by atoms with Crippen LogP contribution in [0.2, 0.25) is 0 Å². The topological polar surface area (TPSA) is 15.8 Å². The van der Waals surface area contributed by atoms with Crippen molar-refractivity contribution in [2.45, 2.75) is 0 Å². The Morgan fingerprint density at radius 1 is 0.650 bits per heavy atom. The standard InChI is InChI=1S/C18H11NS/c1-3-7-15-11(5-1)13-9-10-14-12-6-2-4-8-16(12)20-18(14)17(13)19-15/h1-10,19H. The molecule has 0 bridgehead atoms. The van der Waals surface area contributed by atoms with Gasteiger partial charge in [0.2, 0.25) is 0 Å². The van der Waals surface area contributed by atoms with Gasteiger partial charge in [0.1, 0.15) is 0 Å². The summed E-state index contributed by atoms with van der Waals surface area (Å²) in [6, 6.07) is 21.7. The minimum atomic E-state index is 1.22. The molecule has 0 amide bonds. The van der Waals surface area contributed by atoms with Crippen molar-refractivity contribution >= 4 is 53.3 Å². The summed E-state index contributed by atoms with van der Waals surface area (Å²) in [4.78, 5) is 3.59. The number of thiophene rings is 1. The van der Waals surface area contributed by atoms with Crippen molar-refractivity contribution in [3.05, 3.63) is 60.7 Å². The molecule has 0 radical (unpaired) electrons. The second-order valence-electron chi connectivity index (χ2n) is 5.13. The number of aromatic amines is 1. The first-order chi connectivity index (χ1) is 9.92. The van der Waals surface area contributed by atoms with Crippen LogP contribution in [0.25, 0.3) is 42.0 Å². The highest BCUT2D eigenvalue weighted by atomic mass is 32.1. The van der Waals surface area contributed by atoms with E-state index in [0.717, 1.165) is 0 Å². The average Bonchev–Trinajstić information content (AvgIpc) is 3.05. The smallest absolute Gasteiger partial charge is 0.0646 e. The summed E-state index contributed by atoms with van der Waals surface area (Å²) < 4.78 is 2.72. The number of benzene rings is 3. The number of hydrogen-bond donors (Lipinski definition) is 1. The Kier molecular flexibility index (Phi) is 1.89. The average molecular weight is 273 g/mol. The third kappa shape index (κ3) is 1.22. The monoisotopic (exact) mass is 273 g/mol. The molecule has 5 aromatic rings. The van der Waals surface area contributed by atoms with Crippen LogP contribution in [0, 0.1) is 0 Å². The van der Waals surface area contributed by atoms with Crippen LogP contribution in [0.4, 0.5) is 0 Å². The molecule has 0 saturated carbocycles. The number of H-pyrrole nitrogens is 1. The lowest BCUT2D eigenvalue weighted by molar-refractivity contribution is 1.57. The third-order valence-corrected chi connectivity index (χ3v) is 5.23. The fourth-order valence-corrected chi connectivity index (χ4v) is 4.30. The first-order valence-corrected chi connectivity index (χ1v) is 7.54. The van der Waals surface area contributed by atoms with Crippen LogP contribution in [-0.4, -0.2) is 4.98 Å². The number of rotatable bonds is 0. The van der Waals surface area contributed by atoms with Crippen molar-refractivity contribution in [3.63, 3.8) is 0 Å². The summed E-state index contributed by atoms with van der Waals surface area (Å²) in [6.07, 6.45) is 0. The van der Waals surface area contributed by atoms with Gasteiger partial charge in [-0.25, -0.2) is 0 Å². The van der Waals surface area contributed by atoms with Gasteiger partial charge in [-0.3, -0.25) is 0 Å². The maximum atomic E-state index is 3.59. The van der Waals surface area contributed by atoms with Gasteiger partial charge >= 0.3 is 0 Å². The summed E-state index contributed by atoms with van der Waals surface area (Å²) >= 11 is 1.88. The van der Waals surface area contributed by atoms with Crippen LogP contribution in [0.5, 0.6) is 0 Å². The third-order valence-electron chi connectivity index (χ3n) is 4.02. The van der Waals surface area contributed by atoms with Crippen LogP contribution in [-0.2, 0) is 0 Å². The molecule has 2 heterocycles. The van der Waals surface area contributed by atoms with Crippen molar-refractivity contribution in [1.29, 1.82) is 0 Å². The van der Waals surface area contributed by atoms with Crippen LogP contribution >= 0.6 is 11.3 Å². The minimum Gasteiger partial charge on any atom is -0.353 e. The number of nitrogens with one attached hydrogen (secondary N) is 1. The molecule has 94 valence electrons. The van der Waals surface area contributed by atoms with E-state index < -0.39 is 0 Å². The predicted molar refractivity (Wildman–Crippen MR) is 88.7 cm³/mol. The first kappa shape index (κ1) is 10.5. The Balaban J connectivity index is 2.10. The summed E-state index contributed by atoms with van der Waals surface area (Å²) in [6.45, 7) is 0. The lowest BCUT2D eigenvalue weighted by atomic mass is 10.1. The number of hydrogen-bond acceptors (Lipinski definition) is 1. The van der Waals surface area contributed by atoms with Crippen LogP contribution in [0.1, 0.15) is 0 Å². The van der Waals surface area contributed by atoms with Gasteiger partial charge in [0.05, 0.1) is 10.2 Å². The van der Waals surface area contributed by atoms with Crippen LogP contribution in [0.15, 0.2) is 60.7 Å². The van der Waals surface area contributed by atoms with Gasteiger partial charge in [0.25, 0.3) is 0 Å². The van der Waals surface area contributed by atoms with Gasteiger partial charge in [-0.1, -0.05) is 48.5 Å². The lowest BCUT2D eigenvalue weighted by Gasteiger charge is -1.93. The highest BCUT2D eigenvalue weighted by Crippen LogP contribution is 2.39. The Morgan fingerprint density at radius 3 is 2.35 bits per heavy atom. The second kappa shape index (κ2) is 3.62. The van der Waals surface area contributed by atoms with Gasteiger partial charge in [0.15, 0.2) is 0 Å². The molecule has 1 nitrogen and oxygen atoms in total. The van der Waals surface area contributed by atoms with Gasteiger partial charge in [0, 0.05) is 31.8 Å². The Morgan fingerprint density at radius 2 is 1.40 bits per heavy atom. The highest BCUT2D eigenvalue weighted by Gasteiger charge is 2.11. The van der Waals surface area contributed by atoms with Gasteiger partial charge in [-0.15, -0.1) is 11.3 Å². The first-order valence-electron chi connectivity index (χ1n) is 6.72. The summed E-state index contributed by atoms with van der Waals surface area (Å²) in [7, 11) is 0. The second-order valence-corrected chi connectivity index (χ2v) is 6.19. The highest BCUT2D eigenvalue weighted by molar-refractivity contribution is 7.26. The molecule has 0 spiro atoms. The Labute approximate surface area is 119 Å². The SMILES string of the molecule is c1ccc2c(c1)[nH]c1c2ccc2c3ccccc3sc21. The lowest BCUT2D eigenvalue weighted by Crippen LogP contribution is -1.69. The van der Waals surface area contributed by atoms with E-state index >= 15 is 0 Å². The van der Waals surface area contributed by atoms with E-state index in [-0.39, 0.29) is 0 Å². The molecule has 0 atom stereocenters. The van der Waals surface area contributed by atoms with E-state index in [1.807, 2.05) is 11.3 Å². The molecule has 1 N–H and O–H groups in total. The Hall–Kier alpha value is -2.32. The van der Waals surface area contributed by atoms with E-state index in [4.69, 9.17) is 0 Å². The van der Waals surface area contributed by atoms with Crippen LogP contribution in [0.3, 0.4) is 0 Å². The Bertz CT molecular complexity index is 1010. The maximum absolute atomic E-state index is 3.59. The largest absolute Gasteiger partial charge is 0.353 e. The zero-order valence-corrected chi connectivity index (χ0v) is 11.5. The van der Waals surface area contributed by atoms with Gasteiger partial charge in [-0.05, 0) is 12.1 Å². The van der Waals surface area contributed by atoms with E-state index in [1.54, 1.807) is 0 Å². The molecule has 5 rings (SSSR count).